The molecule has 1 saturated heterocycles. The van der Waals surface area contributed by atoms with Crippen molar-refractivity contribution in [2.45, 2.75) is 12.2 Å². The summed E-state index contributed by atoms with van der Waals surface area (Å²) in [6, 6.07) is 6.11. The van der Waals surface area contributed by atoms with Crippen LogP contribution in [0.1, 0.15) is 11.4 Å². The standard InChI is InChI=1S/C13H13BBrF2NO4/c1-18-6-10(19)21-14(22-11(20)7-18)12(13(16)17)8-2-4-9(15)5-3-8/h2-5,12-13H,6-7H2,1H3. The topological polar surface area (TPSA) is 55.8 Å². The third-order valence-electron chi connectivity index (χ3n) is 3.11. The lowest BCUT2D eigenvalue weighted by Crippen LogP contribution is -2.46. The number of alkyl halides is 2. The van der Waals surface area contributed by atoms with E-state index in [1.165, 1.54) is 24.1 Å². The molecule has 1 fully saturated rings. The molecule has 0 bridgehead atoms. The Morgan fingerprint density at radius 3 is 2.09 bits per heavy atom. The van der Waals surface area contributed by atoms with Gasteiger partial charge in [-0.3, -0.25) is 14.5 Å². The number of hydrogen-bond acceptors (Lipinski definition) is 5. The molecule has 1 heterocycles. The maximum atomic E-state index is 13.4. The fourth-order valence-electron chi connectivity index (χ4n) is 2.11. The first-order chi connectivity index (χ1) is 10.4. The molecule has 1 aliphatic rings. The van der Waals surface area contributed by atoms with Crippen LogP contribution in [0.2, 0.25) is 0 Å². The van der Waals surface area contributed by atoms with Crippen LogP contribution in [0.25, 0.3) is 0 Å². The van der Waals surface area contributed by atoms with Gasteiger partial charge in [0.1, 0.15) is 5.82 Å². The van der Waals surface area contributed by atoms with Gasteiger partial charge in [-0.15, -0.1) is 0 Å². The highest BCUT2D eigenvalue weighted by Crippen LogP contribution is 2.29. The lowest BCUT2D eigenvalue weighted by Gasteiger charge is -2.26. The Balaban J connectivity index is 2.27. The van der Waals surface area contributed by atoms with Crippen molar-refractivity contribution in [3.05, 3.63) is 34.3 Å². The van der Waals surface area contributed by atoms with E-state index in [0.717, 1.165) is 4.47 Å². The Morgan fingerprint density at radius 2 is 1.64 bits per heavy atom. The molecule has 1 aromatic carbocycles. The van der Waals surface area contributed by atoms with Crippen LogP contribution in [-0.4, -0.2) is 50.5 Å². The fraction of sp³-hybridized carbons (Fsp3) is 0.385. The molecule has 9 heteroatoms. The van der Waals surface area contributed by atoms with Gasteiger partial charge < -0.3 is 9.31 Å². The fourth-order valence-corrected chi connectivity index (χ4v) is 2.37. The van der Waals surface area contributed by atoms with E-state index in [1.807, 2.05) is 0 Å². The lowest BCUT2D eigenvalue weighted by molar-refractivity contribution is -0.146. The molecule has 0 N–H and O–H groups in total. The Hall–Kier alpha value is -1.48. The number of rotatable bonds is 3. The lowest BCUT2D eigenvalue weighted by atomic mass is 9.67. The van der Waals surface area contributed by atoms with E-state index < -0.39 is 31.3 Å². The van der Waals surface area contributed by atoms with E-state index in [-0.39, 0.29) is 18.7 Å². The monoisotopic (exact) mass is 375 g/mol. The molecule has 0 aliphatic carbocycles. The zero-order valence-electron chi connectivity index (χ0n) is 11.7. The highest BCUT2D eigenvalue weighted by atomic mass is 79.9. The SMILES string of the molecule is CN1CC(=O)OB(C(c2ccc(Br)cc2)C(F)F)OC(=O)C1. The summed E-state index contributed by atoms with van der Waals surface area (Å²) in [6.45, 7) is -0.330. The van der Waals surface area contributed by atoms with Crippen molar-refractivity contribution in [2.24, 2.45) is 0 Å². The normalized spacial score (nSPS) is 18.5. The van der Waals surface area contributed by atoms with Gasteiger partial charge in [-0.05, 0) is 24.7 Å². The molecule has 0 saturated carbocycles. The van der Waals surface area contributed by atoms with Crippen molar-refractivity contribution >= 4 is 35.0 Å². The van der Waals surface area contributed by atoms with Crippen molar-refractivity contribution in [3.8, 4) is 0 Å². The molecule has 1 aromatic rings. The number of benzene rings is 1. The second-order valence-corrected chi connectivity index (χ2v) is 5.85. The van der Waals surface area contributed by atoms with Crippen LogP contribution in [0, 0.1) is 0 Å². The number of halogens is 3. The van der Waals surface area contributed by atoms with Crippen molar-refractivity contribution in [2.75, 3.05) is 20.1 Å². The number of hydrogen-bond donors (Lipinski definition) is 0. The number of carbonyl (C=O) groups is 2. The molecule has 1 aliphatic heterocycles. The van der Waals surface area contributed by atoms with Gasteiger partial charge in [-0.2, -0.15) is 0 Å². The summed E-state index contributed by atoms with van der Waals surface area (Å²) in [4.78, 5) is 24.7. The second kappa shape index (κ2) is 7.19. The van der Waals surface area contributed by atoms with Crippen LogP contribution in [0.15, 0.2) is 28.7 Å². The quantitative estimate of drug-likeness (QED) is 0.755. The van der Waals surface area contributed by atoms with Crippen molar-refractivity contribution in [1.82, 2.24) is 4.90 Å². The van der Waals surface area contributed by atoms with E-state index in [4.69, 9.17) is 9.31 Å². The Labute approximate surface area is 134 Å². The van der Waals surface area contributed by atoms with Gasteiger partial charge in [-0.1, -0.05) is 28.1 Å². The van der Waals surface area contributed by atoms with Crippen molar-refractivity contribution < 1.29 is 27.7 Å². The minimum atomic E-state index is -2.86. The first-order valence-corrected chi connectivity index (χ1v) is 7.27. The Bertz CT molecular complexity index is 537. The number of carbonyl (C=O) groups excluding carboxylic acids is 2. The van der Waals surface area contributed by atoms with Gasteiger partial charge >= 0.3 is 19.1 Å². The van der Waals surface area contributed by atoms with Crippen LogP contribution in [0.5, 0.6) is 0 Å². The summed E-state index contributed by atoms with van der Waals surface area (Å²) < 4.78 is 37.4. The molecule has 118 valence electrons. The summed E-state index contributed by atoms with van der Waals surface area (Å²) in [7, 11) is -0.114. The Kier molecular flexibility index (Phi) is 5.52. The highest BCUT2D eigenvalue weighted by Gasteiger charge is 2.45. The predicted molar refractivity (Wildman–Crippen MR) is 78.3 cm³/mol. The molecule has 1 unspecified atom stereocenters. The number of nitrogens with zero attached hydrogens (tertiary/aromatic N) is 1. The predicted octanol–water partition coefficient (Wildman–Crippen LogP) is 1.86. The molecule has 0 amide bonds. The van der Waals surface area contributed by atoms with Crippen LogP contribution in [-0.2, 0) is 18.9 Å². The molecular weight excluding hydrogens is 363 g/mol. The molecule has 1 atom stereocenters. The highest BCUT2D eigenvalue weighted by molar-refractivity contribution is 9.10. The van der Waals surface area contributed by atoms with E-state index in [2.05, 4.69) is 15.9 Å². The van der Waals surface area contributed by atoms with E-state index in [1.54, 1.807) is 12.1 Å². The summed E-state index contributed by atoms with van der Waals surface area (Å²) >= 11 is 3.21. The van der Waals surface area contributed by atoms with Gasteiger partial charge in [0.05, 0.1) is 13.1 Å². The van der Waals surface area contributed by atoms with Gasteiger partial charge in [0.2, 0.25) is 6.43 Å². The van der Waals surface area contributed by atoms with Crippen LogP contribution in [0.4, 0.5) is 8.78 Å². The maximum absolute atomic E-state index is 13.4. The molecule has 0 spiro atoms. The average molecular weight is 376 g/mol. The maximum Gasteiger partial charge on any atom is 0.612 e. The first-order valence-electron chi connectivity index (χ1n) is 6.48. The van der Waals surface area contributed by atoms with E-state index in [0.29, 0.717) is 0 Å². The third kappa shape index (κ3) is 4.26. The molecule has 5 nitrogen and oxygen atoms in total. The summed E-state index contributed by atoms with van der Waals surface area (Å²) in [5, 5.41) is 0. The van der Waals surface area contributed by atoms with Gasteiger partial charge in [0, 0.05) is 4.47 Å². The van der Waals surface area contributed by atoms with E-state index in [9.17, 15) is 18.4 Å². The Morgan fingerprint density at radius 1 is 1.14 bits per heavy atom. The molecule has 22 heavy (non-hydrogen) atoms. The average Bonchev–Trinajstić information content (AvgIpc) is 2.38. The largest absolute Gasteiger partial charge is 0.612 e. The van der Waals surface area contributed by atoms with Crippen LogP contribution >= 0.6 is 15.9 Å². The van der Waals surface area contributed by atoms with Gasteiger partial charge in [0.15, 0.2) is 0 Å². The second-order valence-electron chi connectivity index (χ2n) is 4.93. The van der Waals surface area contributed by atoms with Crippen LogP contribution in [0.3, 0.4) is 0 Å². The number of likely N-dealkylation sites (N-methyl/N-ethyl adjacent to an activating group) is 1. The summed E-state index contributed by atoms with van der Waals surface area (Å²) in [6.07, 6.45) is -2.86. The van der Waals surface area contributed by atoms with Crippen molar-refractivity contribution in [1.29, 1.82) is 0 Å². The smallest absolute Gasteiger partial charge is 0.498 e. The molecule has 0 radical (unpaired) electrons. The third-order valence-corrected chi connectivity index (χ3v) is 3.64. The zero-order valence-corrected chi connectivity index (χ0v) is 13.3. The zero-order chi connectivity index (χ0) is 16.3. The first kappa shape index (κ1) is 16.9. The van der Waals surface area contributed by atoms with Gasteiger partial charge in [-0.25, -0.2) is 8.78 Å². The van der Waals surface area contributed by atoms with Gasteiger partial charge in [0.25, 0.3) is 0 Å². The molecule has 2 rings (SSSR count). The van der Waals surface area contributed by atoms with Crippen molar-refractivity contribution in [3.63, 3.8) is 0 Å². The minimum absolute atomic E-state index is 0.165. The van der Waals surface area contributed by atoms with Crippen LogP contribution < -0.4 is 0 Å². The molecule has 0 aromatic heterocycles. The minimum Gasteiger partial charge on any atom is -0.498 e. The summed E-state index contributed by atoms with van der Waals surface area (Å²) in [5.74, 6) is -2.98. The summed E-state index contributed by atoms with van der Waals surface area (Å²) in [5.41, 5.74) is 0.220. The van der Waals surface area contributed by atoms with E-state index >= 15 is 0 Å². The molecular formula is C13H13BBrF2NO4.